The second-order valence-corrected chi connectivity index (χ2v) is 11.4. The average Bonchev–Trinajstić information content (AvgIpc) is 2.77. The highest BCUT2D eigenvalue weighted by Gasteiger charge is 2.41. The van der Waals surface area contributed by atoms with Crippen LogP contribution in [0.15, 0.2) is 0 Å². The SMILES string of the molecule is CCCCC1CCC(C2CCC(C3CCC(CCO)CC3CC)CC2CC)CC1. The maximum absolute atomic E-state index is 9.37. The van der Waals surface area contributed by atoms with E-state index >= 15 is 0 Å². The molecule has 0 saturated heterocycles. The molecule has 3 aliphatic rings. The third kappa shape index (κ3) is 6.24. The van der Waals surface area contributed by atoms with Gasteiger partial charge in [0, 0.05) is 6.61 Å². The van der Waals surface area contributed by atoms with E-state index < -0.39 is 0 Å². The van der Waals surface area contributed by atoms with Crippen molar-refractivity contribution in [2.45, 2.75) is 124 Å². The normalized spacial score (nSPS) is 41.4. The third-order valence-electron chi connectivity index (χ3n) is 9.89. The largest absolute Gasteiger partial charge is 0.396 e. The molecule has 0 aromatic carbocycles. The first-order valence-electron chi connectivity index (χ1n) is 13.8. The minimum absolute atomic E-state index is 0.398. The first-order chi connectivity index (χ1) is 14.2. The fraction of sp³-hybridized carbons (Fsp3) is 1.00. The van der Waals surface area contributed by atoms with E-state index in [1.165, 1.54) is 70.6 Å². The van der Waals surface area contributed by atoms with Crippen molar-refractivity contribution in [2.75, 3.05) is 6.61 Å². The summed E-state index contributed by atoms with van der Waals surface area (Å²) < 4.78 is 0. The molecule has 29 heavy (non-hydrogen) atoms. The van der Waals surface area contributed by atoms with Gasteiger partial charge in [0.1, 0.15) is 0 Å². The van der Waals surface area contributed by atoms with Crippen LogP contribution in [0, 0.1) is 47.3 Å². The van der Waals surface area contributed by atoms with Crippen molar-refractivity contribution in [2.24, 2.45) is 47.3 Å². The Hall–Kier alpha value is -0.0400. The second-order valence-electron chi connectivity index (χ2n) is 11.4. The van der Waals surface area contributed by atoms with Gasteiger partial charge in [0.25, 0.3) is 0 Å². The molecule has 0 spiro atoms. The molecular formula is C28H52O. The van der Waals surface area contributed by atoms with Crippen molar-refractivity contribution in [1.29, 1.82) is 0 Å². The molecule has 0 radical (unpaired) electrons. The van der Waals surface area contributed by atoms with Gasteiger partial charge in [0.15, 0.2) is 0 Å². The predicted molar refractivity (Wildman–Crippen MR) is 126 cm³/mol. The van der Waals surface area contributed by atoms with Gasteiger partial charge in [0.05, 0.1) is 0 Å². The fourth-order valence-corrected chi connectivity index (χ4v) is 8.12. The van der Waals surface area contributed by atoms with Gasteiger partial charge in [-0.15, -0.1) is 0 Å². The van der Waals surface area contributed by atoms with Gasteiger partial charge in [-0.05, 0) is 98.7 Å². The van der Waals surface area contributed by atoms with Gasteiger partial charge in [-0.3, -0.25) is 0 Å². The quantitative estimate of drug-likeness (QED) is 0.410. The summed E-state index contributed by atoms with van der Waals surface area (Å²) in [4.78, 5) is 0. The monoisotopic (exact) mass is 404 g/mol. The minimum Gasteiger partial charge on any atom is -0.396 e. The zero-order valence-corrected chi connectivity index (χ0v) is 20.1. The lowest BCUT2D eigenvalue weighted by molar-refractivity contribution is 0.0272. The number of aliphatic hydroxyl groups excluding tert-OH is 1. The highest BCUT2D eigenvalue weighted by Crippen LogP contribution is 2.51. The molecule has 6 unspecified atom stereocenters. The van der Waals surface area contributed by atoms with E-state index in [1.807, 2.05) is 0 Å². The van der Waals surface area contributed by atoms with Crippen LogP contribution in [0.1, 0.15) is 124 Å². The molecule has 1 nitrogen and oxygen atoms in total. The van der Waals surface area contributed by atoms with Crippen LogP contribution in [0.5, 0.6) is 0 Å². The van der Waals surface area contributed by atoms with Crippen molar-refractivity contribution < 1.29 is 5.11 Å². The summed E-state index contributed by atoms with van der Waals surface area (Å²) >= 11 is 0. The molecule has 0 heterocycles. The van der Waals surface area contributed by atoms with Crippen LogP contribution in [0.4, 0.5) is 0 Å². The van der Waals surface area contributed by atoms with Crippen LogP contribution in [-0.4, -0.2) is 11.7 Å². The summed E-state index contributed by atoms with van der Waals surface area (Å²) in [6.07, 6.45) is 23.2. The lowest BCUT2D eigenvalue weighted by atomic mass is 9.58. The van der Waals surface area contributed by atoms with Gasteiger partial charge in [-0.1, -0.05) is 72.1 Å². The molecule has 3 saturated carbocycles. The van der Waals surface area contributed by atoms with E-state index in [9.17, 15) is 5.11 Å². The minimum atomic E-state index is 0.398. The molecule has 0 aromatic rings. The van der Waals surface area contributed by atoms with Crippen molar-refractivity contribution in [1.82, 2.24) is 0 Å². The molecule has 1 N–H and O–H groups in total. The fourth-order valence-electron chi connectivity index (χ4n) is 8.12. The maximum atomic E-state index is 9.37. The van der Waals surface area contributed by atoms with Crippen molar-refractivity contribution in [3.63, 3.8) is 0 Å². The molecule has 3 aliphatic carbocycles. The summed E-state index contributed by atoms with van der Waals surface area (Å²) in [5.41, 5.74) is 0. The summed E-state index contributed by atoms with van der Waals surface area (Å²) in [6.45, 7) is 7.66. The Labute approximate surface area is 182 Å². The van der Waals surface area contributed by atoms with E-state index in [0.717, 1.165) is 53.8 Å². The molecule has 3 rings (SSSR count). The molecule has 3 fully saturated rings. The topological polar surface area (TPSA) is 20.2 Å². The Balaban J connectivity index is 1.52. The van der Waals surface area contributed by atoms with Crippen molar-refractivity contribution >= 4 is 0 Å². The number of rotatable bonds is 9. The molecule has 0 bridgehead atoms. The standard InChI is InChI=1S/C28H52O/c1-4-7-8-21-9-12-25(13-10-21)27-16-14-26(20-24(27)6-3)28-15-11-22(17-18-29)19-23(28)5-2/h21-29H,4-20H2,1-3H3. The second kappa shape index (κ2) is 12.1. The van der Waals surface area contributed by atoms with E-state index in [2.05, 4.69) is 20.8 Å². The maximum Gasteiger partial charge on any atom is 0.0433 e. The Bertz CT molecular complexity index is 438. The Morgan fingerprint density at radius 2 is 1.21 bits per heavy atom. The summed E-state index contributed by atoms with van der Waals surface area (Å²) in [5, 5.41) is 9.37. The Morgan fingerprint density at radius 3 is 1.86 bits per heavy atom. The van der Waals surface area contributed by atoms with E-state index in [0.29, 0.717) is 6.61 Å². The van der Waals surface area contributed by atoms with Gasteiger partial charge < -0.3 is 5.11 Å². The average molecular weight is 405 g/mol. The van der Waals surface area contributed by atoms with Crippen LogP contribution in [0.25, 0.3) is 0 Å². The lowest BCUT2D eigenvalue weighted by Gasteiger charge is -2.47. The van der Waals surface area contributed by atoms with Crippen molar-refractivity contribution in [3.8, 4) is 0 Å². The van der Waals surface area contributed by atoms with E-state index in [4.69, 9.17) is 0 Å². The van der Waals surface area contributed by atoms with Gasteiger partial charge in [-0.2, -0.15) is 0 Å². The predicted octanol–water partition coefficient (Wildman–Crippen LogP) is 8.25. The van der Waals surface area contributed by atoms with E-state index in [-0.39, 0.29) is 0 Å². The molecule has 0 amide bonds. The first-order valence-corrected chi connectivity index (χ1v) is 13.8. The lowest BCUT2D eigenvalue weighted by Crippen LogP contribution is -2.38. The smallest absolute Gasteiger partial charge is 0.0433 e. The van der Waals surface area contributed by atoms with Crippen LogP contribution < -0.4 is 0 Å². The third-order valence-corrected chi connectivity index (χ3v) is 9.89. The number of unbranched alkanes of at least 4 members (excludes halogenated alkanes) is 1. The summed E-state index contributed by atoms with van der Waals surface area (Å²) in [7, 11) is 0. The van der Waals surface area contributed by atoms with Crippen LogP contribution in [0.3, 0.4) is 0 Å². The molecule has 0 aromatic heterocycles. The molecule has 6 atom stereocenters. The molecular weight excluding hydrogens is 352 g/mol. The van der Waals surface area contributed by atoms with Crippen LogP contribution >= 0.6 is 0 Å². The Kier molecular flexibility index (Phi) is 9.87. The first kappa shape index (κ1) is 23.6. The highest BCUT2D eigenvalue weighted by atomic mass is 16.3. The van der Waals surface area contributed by atoms with E-state index in [1.54, 1.807) is 25.7 Å². The zero-order valence-electron chi connectivity index (χ0n) is 20.1. The number of hydrogen-bond donors (Lipinski definition) is 1. The molecule has 1 heteroatoms. The van der Waals surface area contributed by atoms with Gasteiger partial charge in [-0.25, -0.2) is 0 Å². The van der Waals surface area contributed by atoms with Gasteiger partial charge in [0.2, 0.25) is 0 Å². The van der Waals surface area contributed by atoms with Crippen LogP contribution in [0.2, 0.25) is 0 Å². The molecule has 170 valence electrons. The zero-order chi connectivity index (χ0) is 20.6. The van der Waals surface area contributed by atoms with Crippen molar-refractivity contribution in [3.05, 3.63) is 0 Å². The summed E-state index contributed by atoms with van der Waals surface area (Å²) in [6, 6.07) is 0. The number of aliphatic hydroxyl groups is 1. The summed E-state index contributed by atoms with van der Waals surface area (Å²) in [5.74, 6) is 7.93. The van der Waals surface area contributed by atoms with Crippen LogP contribution in [-0.2, 0) is 0 Å². The van der Waals surface area contributed by atoms with Gasteiger partial charge >= 0.3 is 0 Å². The highest BCUT2D eigenvalue weighted by molar-refractivity contribution is 4.91. The Morgan fingerprint density at radius 1 is 0.621 bits per heavy atom. The molecule has 0 aliphatic heterocycles. The number of hydrogen-bond acceptors (Lipinski definition) is 1.